The van der Waals surface area contributed by atoms with Gasteiger partial charge >= 0.3 is 0 Å². The Balaban J connectivity index is 1.92. The van der Waals surface area contributed by atoms with Crippen LogP contribution in [0.2, 0.25) is 0 Å². The minimum atomic E-state index is 0.517. The van der Waals surface area contributed by atoms with Crippen molar-refractivity contribution in [3.63, 3.8) is 0 Å². The molecule has 0 aromatic carbocycles. The first-order valence-electron chi connectivity index (χ1n) is 4.61. The molecule has 0 amide bonds. The first-order valence-corrected chi connectivity index (χ1v) is 5.73. The van der Waals surface area contributed by atoms with Gasteiger partial charge in [-0.15, -0.1) is 0 Å². The molecule has 2 aliphatic rings. The number of alkyl halides is 1. The van der Waals surface area contributed by atoms with E-state index in [2.05, 4.69) is 15.9 Å². The van der Waals surface area contributed by atoms with Crippen LogP contribution in [0.25, 0.3) is 0 Å². The van der Waals surface area contributed by atoms with Gasteiger partial charge < -0.3 is 4.74 Å². The molecule has 64 valence electrons. The molecule has 1 nitrogen and oxygen atoms in total. The molecule has 0 spiro atoms. The molecule has 2 heteroatoms. The van der Waals surface area contributed by atoms with E-state index in [9.17, 15) is 0 Å². The zero-order valence-electron chi connectivity index (χ0n) is 6.76. The molecule has 1 aliphatic carbocycles. The van der Waals surface area contributed by atoms with Crippen LogP contribution in [-0.4, -0.2) is 17.5 Å². The van der Waals surface area contributed by atoms with E-state index < -0.39 is 0 Å². The van der Waals surface area contributed by atoms with E-state index >= 15 is 0 Å². The van der Waals surface area contributed by atoms with Crippen LogP contribution >= 0.6 is 15.9 Å². The molecule has 1 saturated heterocycles. The van der Waals surface area contributed by atoms with Gasteiger partial charge in [0.15, 0.2) is 0 Å². The van der Waals surface area contributed by atoms with Crippen molar-refractivity contribution in [3.8, 4) is 0 Å². The summed E-state index contributed by atoms with van der Waals surface area (Å²) >= 11 is 3.48. The quantitative estimate of drug-likeness (QED) is 0.616. The predicted molar refractivity (Wildman–Crippen MR) is 49.0 cm³/mol. The third kappa shape index (κ3) is 1.62. The maximum atomic E-state index is 5.87. The van der Waals surface area contributed by atoms with Gasteiger partial charge in [0.05, 0.1) is 12.2 Å². The molecule has 1 saturated carbocycles. The summed E-state index contributed by atoms with van der Waals surface area (Å²) in [6.45, 7) is 0. The first-order chi connectivity index (χ1) is 5.40. The van der Waals surface area contributed by atoms with Crippen LogP contribution in [0.3, 0.4) is 0 Å². The Bertz CT molecular complexity index is 124. The number of hydrogen-bond donors (Lipinski definition) is 0. The maximum absolute atomic E-state index is 5.87. The summed E-state index contributed by atoms with van der Waals surface area (Å²) in [5, 5.41) is 1.03. The molecule has 0 bridgehead atoms. The average molecular weight is 219 g/mol. The fourth-order valence-electron chi connectivity index (χ4n) is 2.36. The van der Waals surface area contributed by atoms with Gasteiger partial charge in [0.25, 0.3) is 0 Å². The summed E-state index contributed by atoms with van der Waals surface area (Å²) < 4.78 is 5.87. The Morgan fingerprint density at radius 3 is 2.82 bits per heavy atom. The lowest BCUT2D eigenvalue weighted by atomic mass is 9.86. The molecule has 0 N–H and O–H groups in total. The largest absolute Gasteiger partial charge is 0.374 e. The van der Waals surface area contributed by atoms with Gasteiger partial charge in [-0.25, -0.2) is 0 Å². The summed E-state index contributed by atoms with van der Waals surface area (Å²) in [6.07, 6.45) is 7.97. The molecule has 0 aromatic heterocycles. The SMILES string of the molecule is BrCC1C[C@H]2CCCC[C@@H]2O1. The number of ether oxygens (including phenoxy) is 1. The number of halogens is 1. The normalized spacial score (nSPS) is 43.9. The van der Waals surface area contributed by atoms with Crippen molar-refractivity contribution < 1.29 is 4.74 Å². The standard InChI is InChI=1S/C9H15BrO/c10-6-8-5-7-3-1-2-4-9(7)11-8/h7-9H,1-6H2/t7-,8?,9+/m1/s1. The van der Waals surface area contributed by atoms with Crippen LogP contribution < -0.4 is 0 Å². The van der Waals surface area contributed by atoms with Gasteiger partial charge in [-0.1, -0.05) is 28.8 Å². The molecule has 0 radical (unpaired) electrons. The van der Waals surface area contributed by atoms with Gasteiger partial charge in [0, 0.05) is 5.33 Å². The lowest BCUT2D eigenvalue weighted by Crippen LogP contribution is -2.20. The van der Waals surface area contributed by atoms with Crippen LogP contribution in [0, 0.1) is 5.92 Å². The molecule has 1 aliphatic heterocycles. The Morgan fingerprint density at radius 1 is 1.27 bits per heavy atom. The second kappa shape index (κ2) is 3.44. The van der Waals surface area contributed by atoms with Crippen LogP contribution in [0.5, 0.6) is 0 Å². The lowest BCUT2D eigenvalue weighted by Gasteiger charge is -2.23. The van der Waals surface area contributed by atoms with E-state index in [1.165, 1.54) is 32.1 Å². The highest BCUT2D eigenvalue weighted by Gasteiger charge is 2.35. The number of hydrogen-bond acceptors (Lipinski definition) is 1. The zero-order valence-corrected chi connectivity index (χ0v) is 8.35. The third-order valence-electron chi connectivity index (χ3n) is 2.94. The number of fused-ring (bicyclic) bond motifs is 1. The highest BCUT2D eigenvalue weighted by atomic mass is 79.9. The summed E-state index contributed by atoms with van der Waals surface area (Å²) in [5.74, 6) is 0.895. The number of rotatable bonds is 1. The van der Waals surface area contributed by atoms with Crippen LogP contribution in [0.4, 0.5) is 0 Å². The van der Waals surface area contributed by atoms with Gasteiger partial charge in [-0.3, -0.25) is 0 Å². The highest BCUT2D eigenvalue weighted by molar-refractivity contribution is 9.09. The van der Waals surface area contributed by atoms with Crippen molar-refractivity contribution in [1.82, 2.24) is 0 Å². The molecule has 3 atom stereocenters. The van der Waals surface area contributed by atoms with Gasteiger partial charge in [0.1, 0.15) is 0 Å². The highest BCUT2D eigenvalue weighted by Crippen LogP contribution is 2.37. The lowest BCUT2D eigenvalue weighted by molar-refractivity contribution is 0.0296. The molecule has 1 unspecified atom stereocenters. The van der Waals surface area contributed by atoms with Crippen LogP contribution in [0.15, 0.2) is 0 Å². The van der Waals surface area contributed by atoms with Crippen LogP contribution in [0.1, 0.15) is 32.1 Å². The van der Waals surface area contributed by atoms with Gasteiger partial charge in [0.2, 0.25) is 0 Å². The average Bonchev–Trinajstić information content (AvgIpc) is 2.46. The molecule has 0 aromatic rings. The third-order valence-corrected chi connectivity index (χ3v) is 3.67. The van der Waals surface area contributed by atoms with Crippen molar-refractivity contribution in [2.24, 2.45) is 5.92 Å². The van der Waals surface area contributed by atoms with E-state index in [-0.39, 0.29) is 0 Å². The fraction of sp³-hybridized carbons (Fsp3) is 1.00. The summed E-state index contributed by atoms with van der Waals surface area (Å²) in [4.78, 5) is 0. The zero-order chi connectivity index (χ0) is 7.68. The molecule has 1 heterocycles. The van der Waals surface area contributed by atoms with E-state index in [1.54, 1.807) is 0 Å². The van der Waals surface area contributed by atoms with E-state index in [1.807, 2.05) is 0 Å². The predicted octanol–water partition coefficient (Wildman–Crippen LogP) is 2.73. The van der Waals surface area contributed by atoms with Crippen molar-refractivity contribution in [1.29, 1.82) is 0 Å². The minimum absolute atomic E-state index is 0.517. The second-order valence-corrected chi connectivity index (χ2v) is 4.38. The van der Waals surface area contributed by atoms with Crippen molar-refractivity contribution >= 4 is 15.9 Å². The molecule has 11 heavy (non-hydrogen) atoms. The van der Waals surface area contributed by atoms with E-state index in [4.69, 9.17) is 4.74 Å². The molecular weight excluding hydrogens is 204 g/mol. The van der Waals surface area contributed by atoms with Crippen molar-refractivity contribution in [3.05, 3.63) is 0 Å². The molecular formula is C9H15BrO. The Labute approximate surface area is 76.6 Å². The fourth-order valence-corrected chi connectivity index (χ4v) is 2.78. The smallest absolute Gasteiger partial charge is 0.0679 e. The van der Waals surface area contributed by atoms with Crippen molar-refractivity contribution in [2.75, 3.05) is 5.33 Å². The second-order valence-electron chi connectivity index (χ2n) is 3.73. The first kappa shape index (κ1) is 8.06. The van der Waals surface area contributed by atoms with E-state index in [0.717, 1.165) is 11.2 Å². The molecule has 2 rings (SSSR count). The molecule has 2 fully saturated rings. The van der Waals surface area contributed by atoms with Gasteiger partial charge in [-0.05, 0) is 25.2 Å². The summed E-state index contributed by atoms with van der Waals surface area (Å²) in [6, 6.07) is 0. The van der Waals surface area contributed by atoms with Crippen LogP contribution in [-0.2, 0) is 4.74 Å². The minimum Gasteiger partial charge on any atom is -0.374 e. The summed E-state index contributed by atoms with van der Waals surface area (Å²) in [5.41, 5.74) is 0. The van der Waals surface area contributed by atoms with Gasteiger partial charge in [-0.2, -0.15) is 0 Å². The topological polar surface area (TPSA) is 9.23 Å². The van der Waals surface area contributed by atoms with Crippen molar-refractivity contribution in [2.45, 2.75) is 44.3 Å². The van der Waals surface area contributed by atoms with E-state index in [0.29, 0.717) is 12.2 Å². The Kier molecular flexibility index (Phi) is 2.52. The Morgan fingerprint density at radius 2 is 2.09 bits per heavy atom. The Hall–Kier alpha value is 0.440. The maximum Gasteiger partial charge on any atom is 0.0679 e. The monoisotopic (exact) mass is 218 g/mol. The summed E-state index contributed by atoms with van der Waals surface area (Å²) in [7, 11) is 0.